The molecule has 0 aromatic heterocycles. The number of ether oxygens (including phenoxy) is 1. The van der Waals surface area contributed by atoms with E-state index in [9.17, 15) is 0 Å². The minimum Gasteiger partial charge on any atom is -0.374 e. The van der Waals surface area contributed by atoms with Gasteiger partial charge in [-0.2, -0.15) is 0 Å². The molecule has 0 fully saturated rings. The molecule has 0 rings (SSSR count). The van der Waals surface area contributed by atoms with Crippen molar-refractivity contribution >= 4 is 0 Å². The summed E-state index contributed by atoms with van der Waals surface area (Å²) in [5.41, 5.74) is 0. The monoisotopic (exact) mass is 142 g/mol. The zero-order valence-electron chi connectivity index (χ0n) is 7.10. The first kappa shape index (κ1) is 9.70. The molecule has 0 amide bonds. The van der Waals surface area contributed by atoms with Gasteiger partial charge >= 0.3 is 0 Å². The van der Waals surface area contributed by atoms with Crippen molar-refractivity contribution in [2.75, 3.05) is 6.61 Å². The van der Waals surface area contributed by atoms with E-state index >= 15 is 0 Å². The average Bonchev–Trinajstić information content (AvgIpc) is 1.98. The molecule has 1 heteroatoms. The summed E-state index contributed by atoms with van der Waals surface area (Å²) in [6.45, 7) is 8.63. The topological polar surface area (TPSA) is 9.23 Å². The van der Waals surface area contributed by atoms with Crippen LogP contribution in [0, 0.1) is 0 Å². The molecule has 0 aliphatic heterocycles. The van der Waals surface area contributed by atoms with Crippen molar-refractivity contribution in [2.24, 2.45) is 0 Å². The van der Waals surface area contributed by atoms with E-state index in [1.54, 1.807) is 6.08 Å². The Morgan fingerprint density at radius 2 is 2.20 bits per heavy atom. The third kappa shape index (κ3) is 4.57. The van der Waals surface area contributed by atoms with Gasteiger partial charge in [-0.1, -0.05) is 26.3 Å². The molecule has 0 saturated carbocycles. The van der Waals surface area contributed by atoms with Crippen molar-refractivity contribution in [3.8, 4) is 0 Å². The lowest BCUT2D eigenvalue weighted by Gasteiger charge is -2.12. The second kappa shape index (κ2) is 6.81. The highest BCUT2D eigenvalue weighted by Crippen LogP contribution is 2.05. The van der Waals surface area contributed by atoms with Crippen molar-refractivity contribution in [3.05, 3.63) is 12.7 Å². The van der Waals surface area contributed by atoms with Gasteiger partial charge in [-0.05, 0) is 12.8 Å². The summed E-state index contributed by atoms with van der Waals surface area (Å²) in [6.07, 6.45) is 5.74. The Morgan fingerprint density at radius 3 is 2.60 bits per heavy atom. The first-order chi connectivity index (χ1) is 4.85. The van der Waals surface area contributed by atoms with Crippen molar-refractivity contribution in [3.63, 3.8) is 0 Å². The first-order valence-electron chi connectivity index (χ1n) is 4.07. The molecule has 1 unspecified atom stereocenters. The molecular formula is C9H18O. The highest BCUT2D eigenvalue weighted by atomic mass is 16.5. The van der Waals surface area contributed by atoms with E-state index in [2.05, 4.69) is 20.4 Å². The molecule has 0 N–H and O–H groups in total. The maximum absolute atomic E-state index is 5.46. The summed E-state index contributed by atoms with van der Waals surface area (Å²) in [5, 5.41) is 0. The predicted molar refractivity (Wildman–Crippen MR) is 45.1 cm³/mol. The normalized spacial score (nSPS) is 13.0. The van der Waals surface area contributed by atoms with Crippen LogP contribution in [0.2, 0.25) is 0 Å². The first-order valence-corrected chi connectivity index (χ1v) is 4.07. The van der Waals surface area contributed by atoms with Gasteiger partial charge in [0.05, 0.1) is 12.7 Å². The molecular weight excluding hydrogens is 124 g/mol. The molecule has 1 atom stereocenters. The summed E-state index contributed by atoms with van der Waals surface area (Å²) in [4.78, 5) is 0. The van der Waals surface area contributed by atoms with Gasteiger partial charge < -0.3 is 4.74 Å². The van der Waals surface area contributed by atoms with Gasteiger partial charge in [0.2, 0.25) is 0 Å². The molecule has 0 radical (unpaired) electrons. The molecule has 0 aliphatic carbocycles. The SMILES string of the molecule is C=CCOC(CC)CCC. The van der Waals surface area contributed by atoms with E-state index in [0.717, 1.165) is 6.42 Å². The molecule has 1 nitrogen and oxygen atoms in total. The predicted octanol–water partition coefficient (Wildman–Crippen LogP) is 2.77. The molecule has 0 saturated heterocycles. The molecule has 10 heavy (non-hydrogen) atoms. The fourth-order valence-corrected chi connectivity index (χ4v) is 0.931. The lowest BCUT2D eigenvalue weighted by molar-refractivity contribution is 0.0647. The number of hydrogen-bond acceptors (Lipinski definition) is 1. The summed E-state index contributed by atoms with van der Waals surface area (Å²) >= 11 is 0. The Kier molecular flexibility index (Phi) is 6.61. The van der Waals surface area contributed by atoms with Gasteiger partial charge in [-0.3, -0.25) is 0 Å². The maximum atomic E-state index is 5.46. The van der Waals surface area contributed by atoms with Gasteiger partial charge in [0.25, 0.3) is 0 Å². The van der Waals surface area contributed by atoms with Crippen molar-refractivity contribution in [2.45, 2.75) is 39.2 Å². The minimum atomic E-state index is 0.447. The fourth-order valence-electron chi connectivity index (χ4n) is 0.931. The minimum absolute atomic E-state index is 0.447. The van der Waals surface area contributed by atoms with Crippen LogP contribution in [0.1, 0.15) is 33.1 Å². The van der Waals surface area contributed by atoms with Crippen LogP contribution in [0.3, 0.4) is 0 Å². The Morgan fingerprint density at radius 1 is 1.50 bits per heavy atom. The number of hydrogen-bond donors (Lipinski definition) is 0. The Labute approximate surface area is 64.1 Å². The third-order valence-electron chi connectivity index (χ3n) is 1.52. The molecule has 0 heterocycles. The van der Waals surface area contributed by atoms with Gasteiger partial charge in [0, 0.05) is 0 Å². The summed E-state index contributed by atoms with van der Waals surface area (Å²) in [7, 11) is 0. The summed E-state index contributed by atoms with van der Waals surface area (Å²) < 4.78 is 5.46. The maximum Gasteiger partial charge on any atom is 0.0648 e. The average molecular weight is 142 g/mol. The van der Waals surface area contributed by atoms with Crippen LogP contribution in [-0.2, 0) is 4.74 Å². The number of rotatable bonds is 6. The Balaban J connectivity index is 3.29. The largest absolute Gasteiger partial charge is 0.374 e. The van der Waals surface area contributed by atoms with E-state index in [0.29, 0.717) is 12.7 Å². The van der Waals surface area contributed by atoms with Crippen LogP contribution in [0.5, 0.6) is 0 Å². The van der Waals surface area contributed by atoms with Crippen molar-refractivity contribution in [1.82, 2.24) is 0 Å². The van der Waals surface area contributed by atoms with Crippen LogP contribution >= 0.6 is 0 Å². The molecule has 60 valence electrons. The molecule has 0 bridgehead atoms. The highest BCUT2D eigenvalue weighted by molar-refractivity contribution is 4.66. The van der Waals surface area contributed by atoms with Gasteiger partial charge in [-0.15, -0.1) is 6.58 Å². The van der Waals surface area contributed by atoms with E-state index in [4.69, 9.17) is 4.74 Å². The van der Waals surface area contributed by atoms with Crippen molar-refractivity contribution < 1.29 is 4.74 Å². The van der Waals surface area contributed by atoms with E-state index in [1.165, 1.54) is 12.8 Å². The quantitative estimate of drug-likeness (QED) is 0.518. The van der Waals surface area contributed by atoms with E-state index in [1.807, 2.05) is 0 Å². The second-order valence-corrected chi connectivity index (χ2v) is 2.44. The Bertz CT molecular complexity index is 78.8. The van der Waals surface area contributed by atoms with Crippen LogP contribution < -0.4 is 0 Å². The molecule has 0 aromatic rings. The zero-order chi connectivity index (χ0) is 7.82. The van der Waals surface area contributed by atoms with Crippen LogP contribution in [-0.4, -0.2) is 12.7 Å². The standard InChI is InChI=1S/C9H18O/c1-4-7-9(6-3)10-8-5-2/h5,9H,2,4,6-8H2,1,3H3. The molecule has 0 aliphatic rings. The van der Waals surface area contributed by atoms with Gasteiger partial charge in [0.15, 0.2) is 0 Å². The van der Waals surface area contributed by atoms with Gasteiger partial charge in [0.1, 0.15) is 0 Å². The second-order valence-electron chi connectivity index (χ2n) is 2.44. The molecule has 0 spiro atoms. The zero-order valence-corrected chi connectivity index (χ0v) is 7.10. The lowest BCUT2D eigenvalue weighted by Crippen LogP contribution is -2.10. The van der Waals surface area contributed by atoms with Crippen LogP contribution in [0.4, 0.5) is 0 Å². The summed E-state index contributed by atoms with van der Waals surface area (Å²) in [6, 6.07) is 0. The lowest BCUT2D eigenvalue weighted by atomic mass is 10.2. The summed E-state index contributed by atoms with van der Waals surface area (Å²) in [5.74, 6) is 0. The molecule has 0 aromatic carbocycles. The third-order valence-corrected chi connectivity index (χ3v) is 1.52. The van der Waals surface area contributed by atoms with Crippen LogP contribution in [0.25, 0.3) is 0 Å². The van der Waals surface area contributed by atoms with Crippen molar-refractivity contribution in [1.29, 1.82) is 0 Å². The van der Waals surface area contributed by atoms with E-state index in [-0.39, 0.29) is 0 Å². The van der Waals surface area contributed by atoms with Gasteiger partial charge in [-0.25, -0.2) is 0 Å². The highest BCUT2D eigenvalue weighted by Gasteiger charge is 2.01. The smallest absolute Gasteiger partial charge is 0.0648 e. The fraction of sp³-hybridized carbons (Fsp3) is 0.778. The Hall–Kier alpha value is -0.300. The van der Waals surface area contributed by atoms with E-state index < -0.39 is 0 Å². The van der Waals surface area contributed by atoms with Crippen LogP contribution in [0.15, 0.2) is 12.7 Å².